The molecule has 3 rings (SSSR count). The summed E-state index contributed by atoms with van der Waals surface area (Å²) in [7, 11) is 0. The Hall–Kier alpha value is -1.89. The van der Waals surface area contributed by atoms with Crippen LogP contribution in [0.1, 0.15) is 42.0 Å². The van der Waals surface area contributed by atoms with E-state index in [0.717, 1.165) is 29.2 Å². The van der Waals surface area contributed by atoms with Crippen molar-refractivity contribution in [1.82, 2.24) is 4.98 Å². The number of nitriles is 1. The summed E-state index contributed by atoms with van der Waals surface area (Å²) in [5.74, 6) is 0.360. The van der Waals surface area contributed by atoms with Crippen LogP contribution >= 0.6 is 34.4 Å². The van der Waals surface area contributed by atoms with Crippen LogP contribution in [0.3, 0.4) is 0 Å². The van der Waals surface area contributed by atoms with Crippen molar-refractivity contribution in [3.05, 3.63) is 27.1 Å². The SMILES string of the molecule is CCOC(=O)Cc1csc(SCC(=O)Nc2sc3c(c2C#N)CC[C@@H](C)C3)n1. The second kappa shape index (κ2) is 9.54. The summed E-state index contributed by atoms with van der Waals surface area (Å²) in [6.07, 6.45) is 3.10. The lowest BCUT2D eigenvalue weighted by Crippen LogP contribution is -2.14. The van der Waals surface area contributed by atoms with Gasteiger partial charge >= 0.3 is 5.97 Å². The van der Waals surface area contributed by atoms with Crippen LogP contribution in [0.4, 0.5) is 5.00 Å². The highest BCUT2D eigenvalue weighted by molar-refractivity contribution is 8.01. The largest absolute Gasteiger partial charge is 0.466 e. The lowest BCUT2D eigenvalue weighted by Gasteiger charge is -2.17. The standard InChI is InChI=1S/C19H21N3O3S3/c1-3-25-17(24)7-12-9-26-19(21-12)27-10-16(23)22-18-14(8-20)13-5-4-11(2)6-15(13)28-18/h9,11H,3-7,10H2,1-2H3,(H,22,23)/t11-/m1/s1. The highest BCUT2D eigenvalue weighted by Crippen LogP contribution is 2.39. The third kappa shape index (κ3) is 5.13. The molecule has 2 heterocycles. The van der Waals surface area contributed by atoms with E-state index in [0.29, 0.717) is 28.8 Å². The quantitative estimate of drug-likeness (QED) is 0.521. The first-order valence-corrected chi connectivity index (χ1v) is 11.8. The van der Waals surface area contributed by atoms with E-state index in [9.17, 15) is 14.9 Å². The van der Waals surface area contributed by atoms with Crippen LogP contribution in [0.25, 0.3) is 0 Å². The van der Waals surface area contributed by atoms with Crippen molar-refractivity contribution in [2.75, 3.05) is 17.7 Å². The molecule has 0 aliphatic heterocycles. The predicted octanol–water partition coefficient (Wildman–Crippen LogP) is 4.04. The number of carbonyl (C=O) groups excluding carboxylic acids is 2. The number of fused-ring (bicyclic) bond motifs is 1. The number of carbonyl (C=O) groups is 2. The average molecular weight is 436 g/mol. The van der Waals surface area contributed by atoms with Crippen molar-refractivity contribution in [1.29, 1.82) is 5.26 Å². The van der Waals surface area contributed by atoms with E-state index in [1.165, 1.54) is 39.3 Å². The topological polar surface area (TPSA) is 92.1 Å². The van der Waals surface area contributed by atoms with Crippen molar-refractivity contribution in [2.24, 2.45) is 5.92 Å². The van der Waals surface area contributed by atoms with Crippen molar-refractivity contribution in [2.45, 2.75) is 43.9 Å². The summed E-state index contributed by atoms with van der Waals surface area (Å²) in [6, 6.07) is 2.26. The zero-order valence-electron chi connectivity index (χ0n) is 15.7. The van der Waals surface area contributed by atoms with E-state index in [1.807, 2.05) is 0 Å². The third-order valence-corrected chi connectivity index (χ3v) is 7.60. The second-order valence-corrected chi connectivity index (χ2v) is 9.78. The van der Waals surface area contributed by atoms with Crippen LogP contribution < -0.4 is 5.32 Å². The summed E-state index contributed by atoms with van der Waals surface area (Å²) < 4.78 is 5.64. The number of aromatic nitrogens is 1. The first kappa shape index (κ1) is 20.8. The van der Waals surface area contributed by atoms with Gasteiger partial charge in [-0.25, -0.2) is 4.98 Å². The van der Waals surface area contributed by atoms with Crippen LogP contribution in [-0.2, 0) is 33.6 Å². The Labute approximate surface area is 176 Å². The number of hydrogen-bond donors (Lipinski definition) is 1. The molecule has 0 fully saturated rings. The number of nitrogens with zero attached hydrogens (tertiary/aromatic N) is 2. The van der Waals surface area contributed by atoms with E-state index >= 15 is 0 Å². The van der Waals surface area contributed by atoms with Gasteiger partial charge in [-0.2, -0.15) is 5.26 Å². The van der Waals surface area contributed by atoms with Gasteiger partial charge < -0.3 is 10.1 Å². The molecular formula is C19H21N3O3S3. The van der Waals surface area contributed by atoms with Gasteiger partial charge in [0.2, 0.25) is 5.91 Å². The van der Waals surface area contributed by atoms with Gasteiger partial charge in [-0.1, -0.05) is 18.7 Å². The monoisotopic (exact) mass is 435 g/mol. The Kier molecular flexibility index (Phi) is 7.10. The summed E-state index contributed by atoms with van der Waals surface area (Å²) in [5, 5.41) is 14.9. The Morgan fingerprint density at radius 2 is 2.32 bits per heavy atom. The molecule has 6 nitrogen and oxygen atoms in total. The molecule has 1 amide bonds. The van der Waals surface area contributed by atoms with Crippen LogP contribution in [-0.4, -0.2) is 29.2 Å². The molecule has 0 aromatic carbocycles. The number of hydrogen-bond acceptors (Lipinski definition) is 8. The number of nitrogens with one attached hydrogen (secondary N) is 1. The predicted molar refractivity (Wildman–Crippen MR) is 112 cm³/mol. The van der Waals surface area contributed by atoms with Gasteiger partial charge in [0.15, 0.2) is 4.34 Å². The van der Waals surface area contributed by atoms with Crippen LogP contribution in [0, 0.1) is 17.2 Å². The van der Waals surface area contributed by atoms with Gasteiger partial charge in [0.05, 0.1) is 30.0 Å². The number of amides is 1. The number of ether oxygens (including phenoxy) is 1. The van der Waals surface area contributed by atoms with Crippen LogP contribution in [0.15, 0.2) is 9.72 Å². The number of thiazole rings is 1. The molecule has 0 bridgehead atoms. The molecule has 0 saturated carbocycles. The molecule has 1 aliphatic carbocycles. The van der Waals surface area contributed by atoms with Gasteiger partial charge in [-0.05, 0) is 37.7 Å². The number of esters is 1. The molecule has 0 saturated heterocycles. The van der Waals surface area contributed by atoms with Gasteiger partial charge in [0.1, 0.15) is 11.1 Å². The molecule has 28 heavy (non-hydrogen) atoms. The molecule has 1 N–H and O–H groups in total. The highest BCUT2D eigenvalue weighted by Gasteiger charge is 2.24. The van der Waals surface area contributed by atoms with Gasteiger partial charge in [0, 0.05) is 10.3 Å². The smallest absolute Gasteiger partial charge is 0.311 e. The zero-order valence-corrected chi connectivity index (χ0v) is 18.2. The maximum absolute atomic E-state index is 12.4. The first-order valence-electron chi connectivity index (χ1n) is 9.07. The molecule has 148 valence electrons. The Bertz CT molecular complexity index is 913. The number of anilines is 1. The number of thioether (sulfide) groups is 1. The van der Waals surface area contributed by atoms with E-state index in [2.05, 4.69) is 23.3 Å². The van der Waals surface area contributed by atoms with Crippen molar-refractivity contribution in [3.63, 3.8) is 0 Å². The normalized spacial score (nSPS) is 15.5. The molecule has 0 radical (unpaired) electrons. The van der Waals surface area contributed by atoms with E-state index in [1.54, 1.807) is 12.3 Å². The van der Waals surface area contributed by atoms with Crippen molar-refractivity contribution in [3.8, 4) is 6.07 Å². The van der Waals surface area contributed by atoms with Crippen LogP contribution in [0.5, 0.6) is 0 Å². The molecule has 1 aliphatic rings. The van der Waals surface area contributed by atoms with E-state index in [-0.39, 0.29) is 24.1 Å². The zero-order chi connectivity index (χ0) is 20.1. The van der Waals surface area contributed by atoms with E-state index < -0.39 is 0 Å². The molecule has 2 aromatic heterocycles. The summed E-state index contributed by atoms with van der Waals surface area (Å²) in [5.41, 5.74) is 2.38. The lowest BCUT2D eigenvalue weighted by molar-refractivity contribution is -0.142. The van der Waals surface area contributed by atoms with Gasteiger partial charge in [-0.3, -0.25) is 9.59 Å². The van der Waals surface area contributed by atoms with Crippen molar-refractivity contribution >= 4 is 51.3 Å². The Morgan fingerprint density at radius 3 is 3.07 bits per heavy atom. The molecule has 0 spiro atoms. The minimum atomic E-state index is -0.304. The molecule has 2 aromatic rings. The lowest BCUT2D eigenvalue weighted by atomic mass is 9.89. The Morgan fingerprint density at radius 1 is 1.50 bits per heavy atom. The van der Waals surface area contributed by atoms with Crippen molar-refractivity contribution < 1.29 is 14.3 Å². The summed E-state index contributed by atoms with van der Waals surface area (Å²) in [4.78, 5) is 29.5. The van der Waals surface area contributed by atoms with Gasteiger partial charge in [0.25, 0.3) is 0 Å². The third-order valence-electron chi connectivity index (χ3n) is 4.36. The maximum Gasteiger partial charge on any atom is 0.311 e. The molecule has 1 atom stereocenters. The minimum Gasteiger partial charge on any atom is -0.466 e. The molecular weight excluding hydrogens is 414 g/mol. The highest BCUT2D eigenvalue weighted by atomic mass is 32.2. The second-order valence-electron chi connectivity index (χ2n) is 6.59. The molecule has 9 heteroatoms. The number of rotatable bonds is 7. The van der Waals surface area contributed by atoms with Crippen LogP contribution in [0.2, 0.25) is 0 Å². The fraction of sp³-hybridized carbons (Fsp3) is 0.474. The minimum absolute atomic E-state index is 0.141. The fourth-order valence-corrected chi connectivity index (χ4v) is 6.06. The fourth-order valence-electron chi connectivity index (χ4n) is 3.04. The van der Waals surface area contributed by atoms with E-state index in [4.69, 9.17) is 4.74 Å². The van der Waals surface area contributed by atoms with Gasteiger partial charge in [-0.15, -0.1) is 22.7 Å². The first-order chi connectivity index (χ1) is 13.5. The maximum atomic E-state index is 12.4. The Balaban J connectivity index is 1.56. The average Bonchev–Trinajstić information content (AvgIpc) is 3.23. The summed E-state index contributed by atoms with van der Waals surface area (Å²) in [6.45, 7) is 4.33. The number of thiophene rings is 1. The molecule has 0 unspecified atom stereocenters. The summed E-state index contributed by atoms with van der Waals surface area (Å²) >= 11 is 4.25.